The van der Waals surface area contributed by atoms with Gasteiger partial charge in [-0.05, 0) is 72.1 Å². The number of nitrogens with zero attached hydrogens (tertiary/aromatic N) is 3. The monoisotopic (exact) mass is 783 g/mol. The van der Waals surface area contributed by atoms with Crippen molar-refractivity contribution in [3.05, 3.63) is 89.0 Å². The van der Waals surface area contributed by atoms with Crippen molar-refractivity contribution in [2.24, 2.45) is 9.98 Å². The third-order valence-electron chi connectivity index (χ3n) is 11.9. The van der Waals surface area contributed by atoms with E-state index < -0.39 is 72.3 Å². The second kappa shape index (κ2) is 16.8. The molecule has 1 amide bonds. The smallest absolute Gasteiger partial charge is 0.327 e. The van der Waals surface area contributed by atoms with Crippen molar-refractivity contribution >= 4 is 35.1 Å². The van der Waals surface area contributed by atoms with Crippen molar-refractivity contribution in [1.82, 2.24) is 0 Å². The first-order valence-electron chi connectivity index (χ1n) is 19.5. The van der Waals surface area contributed by atoms with Crippen LogP contribution < -0.4 is 9.64 Å². The number of aliphatic imine (C=N–C) groups is 2. The fourth-order valence-corrected chi connectivity index (χ4v) is 8.92. The van der Waals surface area contributed by atoms with Crippen LogP contribution in [0, 0.1) is 0 Å². The summed E-state index contributed by atoms with van der Waals surface area (Å²) in [5, 5.41) is 74.1. The van der Waals surface area contributed by atoms with Gasteiger partial charge in [0.25, 0.3) is 5.91 Å². The van der Waals surface area contributed by atoms with E-state index in [0.29, 0.717) is 42.6 Å². The van der Waals surface area contributed by atoms with E-state index in [1.54, 1.807) is 18.2 Å². The number of aromatic hydroxyl groups is 2. The maximum Gasteiger partial charge on any atom is 0.327 e. The summed E-state index contributed by atoms with van der Waals surface area (Å²) in [6.07, 6.45) is 0.688. The summed E-state index contributed by atoms with van der Waals surface area (Å²) < 4.78 is 11.4. The molecule has 14 heteroatoms. The number of ether oxygens (including phenoxy) is 2. The molecule has 0 spiro atoms. The highest BCUT2D eigenvalue weighted by Crippen LogP contribution is 2.54. The highest BCUT2D eigenvalue weighted by molar-refractivity contribution is 6.43. The largest absolute Gasteiger partial charge is 0.508 e. The molecule has 0 radical (unpaired) electrons. The highest BCUT2D eigenvalue weighted by atomic mass is 16.7. The normalized spacial score (nSPS) is 26.9. The van der Waals surface area contributed by atoms with Crippen LogP contribution in [-0.4, -0.2) is 109 Å². The molecule has 0 aromatic heterocycles. The molecule has 3 aliphatic heterocycles. The molecule has 7 N–H and O–H groups in total. The Hall–Kier alpha value is -5.12. The predicted molar refractivity (Wildman–Crippen MR) is 211 cm³/mol. The molecule has 57 heavy (non-hydrogen) atoms. The molecule has 1 saturated heterocycles. The number of aliphatic hydroxyl groups is 4. The lowest BCUT2D eigenvalue weighted by Gasteiger charge is -2.41. The van der Waals surface area contributed by atoms with E-state index in [-0.39, 0.29) is 17.2 Å². The zero-order chi connectivity index (χ0) is 40.4. The van der Waals surface area contributed by atoms with Crippen LogP contribution in [0.15, 0.2) is 76.7 Å². The third-order valence-corrected chi connectivity index (χ3v) is 11.9. The zero-order valence-electron chi connectivity index (χ0n) is 31.6. The quantitative estimate of drug-likeness (QED) is 0.130. The van der Waals surface area contributed by atoms with E-state index in [1.165, 1.54) is 29.2 Å². The topological polar surface area (TPSA) is 222 Å². The Balaban J connectivity index is 1.27. The molecule has 3 aromatic carbocycles. The molecule has 1 aliphatic carbocycles. The number of benzene rings is 3. The van der Waals surface area contributed by atoms with Crippen molar-refractivity contribution < 1.29 is 54.8 Å². The Kier molecular flexibility index (Phi) is 11.8. The second-order valence-corrected chi connectivity index (χ2v) is 15.3. The number of phenols is 2. The van der Waals surface area contributed by atoms with Gasteiger partial charge in [-0.15, -0.1) is 0 Å². The fraction of sp³-hybridized carbons (Fsp3) is 0.442. The van der Waals surface area contributed by atoms with Crippen LogP contribution in [0.1, 0.15) is 80.0 Å². The maximum absolute atomic E-state index is 14.4. The molecule has 7 atom stereocenters. The highest BCUT2D eigenvalue weighted by Gasteiger charge is 2.51. The summed E-state index contributed by atoms with van der Waals surface area (Å²) in [7, 11) is 0. The molecule has 7 rings (SSSR count). The van der Waals surface area contributed by atoms with E-state index in [0.717, 1.165) is 49.1 Å². The molecule has 1 saturated carbocycles. The number of carbonyl (C=O) groups is 2. The number of carboxylic acid groups (broad SMARTS) is 1. The van der Waals surface area contributed by atoms with Crippen LogP contribution in [0.2, 0.25) is 0 Å². The Labute approximate surface area is 330 Å². The zero-order valence-corrected chi connectivity index (χ0v) is 31.6. The third kappa shape index (κ3) is 7.92. The number of amides is 1. The van der Waals surface area contributed by atoms with E-state index in [2.05, 4.69) is 22.1 Å². The number of hydrogen-bond acceptors (Lipinski definition) is 12. The number of aliphatic carboxylic acids is 1. The van der Waals surface area contributed by atoms with Gasteiger partial charge >= 0.3 is 5.97 Å². The van der Waals surface area contributed by atoms with E-state index >= 15 is 0 Å². The average Bonchev–Trinajstić information content (AvgIpc) is 3.80. The van der Waals surface area contributed by atoms with Crippen LogP contribution in [-0.2, 0) is 26.2 Å². The molecular weight excluding hydrogens is 734 g/mol. The summed E-state index contributed by atoms with van der Waals surface area (Å²) in [6, 6.07) is 16.2. The molecule has 14 nitrogen and oxygen atoms in total. The van der Waals surface area contributed by atoms with E-state index in [9.17, 15) is 45.3 Å². The van der Waals surface area contributed by atoms with Gasteiger partial charge < -0.3 is 45.2 Å². The summed E-state index contributed by atoms with van der Waals surface area (Å²) in [5.41, 5.74) is 4.08. The van der Waals surface area contributed by atoms with Crippen LogP contribution in [0.5, 0.6) is 17.2 Å². The number of rotatable bonds is 12. The number of anilines is 1. The lowest BCUT2D eigenvalue weighted by molar-refractivity contribution is -0.277. The van der Waals surface area contributed by atoms with Gasteiger partial charge in [-0.25, -0.2) is 4.79 Å². The number of fused-ring (bicyclic) bond motifs is 1. The number of phenolic OH excluding ortho intramolecular Hbond substituents is 2. The van der Waals surface area contributed by atoms with Gasteiger partial charge in [0.2, 0.25) is 6.29 Å². The summed E-state index contributed by atoms with van der Waals surface area (Å²) >= 11 is 0. The second-order valence-electron chi connectivity index (χ2n) is 15.3. The van der Waals surface area contributed by atoms with E-state index in [1.807, 2.05) is 25.1 Å². The van der Waals surface area contributed by atoms with Gasteiger partial charge in [0.1, 0.15) is 42.9 Å². The van der Waals surface area contributed by atoms with Gasteiger partial charge in [-0.1, -0.05) is 62.6 Å². The minimum Gasteiger partial charge on any atom is -0.508 e. The molecule has 4 aliphatic rings. The molecule has 2 fully saturated rings. The van der Waals surface area contributed by atoms with Crippen LogP contribution >= 0.6 is 0 Å². The number of hydrogen-bond donors (Lipinski definition) is 7. The lowest BCUT2D eigenvalue weighted by Crippen LogP contribution is -2.60. The SMILES string of the molecule is CCC1=NCN=C1Cc1cc(C=CC(=O)N2c3cc(O[C@H]4O[C@H](CO)[C@@H](O)[C@H](O)[C@H]4O)c(O)cc3[C@@H](CC3(c4ccccc4)CCCCC3)[C@@H]2C(=O)O)ccc1O. The first-order chi connectivity index (χ1) is 27.4. The number of carboxylic acids is 1. The van der Waals surface area contributed by atoms with Gasteiger partial charge in [0, 0.05) is 30.0 Å². The molecular formula is C43H49N3O11. The molecule has 0 bridgehead atoms. The summed E-state index contributed by atoms with van der Waals surface area (Å²) in [6.45, 7) is 1.63. The standard InChI is InChI=1S/C43H49N3O11/c1-2-29-30(45-23-44-29)18-25-17-24(11-13-32(25)48)12-14-36(50)46-31-20-34(56-42-40(53)39(52)38(51)35(22-47)57-42)33(49)19-27(31)28(37(46)41(54)55)21-43(15-7-4-8-16-43)26-9-5-3-6-10-26/h3,5-6,9-14,17,19-20,28,35,37-40,42,47-49,51-53H,2,4,7-8,15-16,18,21-23H2,1H3,(H,54,55)/t28-,35-,37-,38-,39+,40-,42+/m1/s1. The van der Waals surface area contributed by atoms with Crippen LogP contribution in [0.4, 0.5) is 5.69 Å². The van der Waals surface area contributed by atoms with Crippen molar-refractivity contribution in [3.8, 4) is 17.2 Å². The number of carbonyl (C=O) groups excluding carboxylic acids is 1. The summed E-state index contributed by atoms with van der Waals surface area (Å²) in [4.78, 5) is 37.9. The minimum atomic E-state index is -1.79. The van der Waals surface area contributed by atoms with Gasteiger partial charge in [0.15, 0.2) is 11.5 Å². The molecule has 0 unspecified atom stereocenters. The van der Waals surface area contributed by atoms with Gasteiger partial charge in [0.05, 0.1) is 23.7 Å². The molecule has 3 heterocycles. The Morgan fingerprint density at radius 1 is 0.930 bits per heavy atom. The van der Waals surface area contributed by atoms with Crippen LogP contribution in [0.25, 0.3) is 6.08 Å². The molecule has 3 aromatic rings. The number of aliphatic hydroxyl groups excluding tert-OH is 4. The Bertz CT molecular complexity index is 2060. The maximum atomic E-state index is 14.4. The van der Waals surface area contributed by atoms with E-state index in [4.69, 9.17) is 9.47 Å². The molecule has 302 valence electrons. The summed E-state index contributed by atoms with van der Waals surface area (Å²) in [5.74, 6) is -3.32. The van der Waals surface area contributed by atoms with Crippen LogP contribution in [0.3, 0.4) is 0 Å². The van der Waals surface area contributed by atoms with Gasteiger partial charge in [-0.2, -0.15) is 0 Å². The van der Waals surface area contributed by atoms with Crippen molar-refractivity contribution in [2.45, 2.75) is 106 Å². The van der Waals surface area contributed by atoms with Gasteiger partial charge in [-0.3, -0.25) is 19.7 Å². The predicted octanol–water partition coefficient (Wildman–Crippen LogP) is 3.97. The Morgan fingerprint density at radius 2 is 1.67 bits per heavy atom. The Morgan fingerprint density at radius 3 is 2.37 bits per heavy atom. The lowest BCUT2D eigenvalue weighted by atomic mass is 9.63. The van der Waals surface area contributed by atoms with Crippen molar-refractivity contribution in [1.29, 1.82) is 0 Å². The first-order valence-corrected chi connectivity index (χ1v) is 19.5. The first kappa shape index (κ1) is 40.1. The average molecular weight is 784 g/mol. The van der Waals surface area contributed by atoms with Crippen molar-refractivity contribution in [3.63, 3.8) is 0 Å². The minimum absolute atomic E-state index is 0.0626. The van der Waals surface area contributed by atoms with Crippen molar-refractivity contribution in [2.75, 3.05) is 18.2 Å². The fourth-order valence-electron chi connectivity index (χ4n) is 8.92.